The quantitative estimate of drug-likeness (QED) is 0.833. The summed E-state index contributed by atoms with van der Waals surface area (Å²) in [6.07, 6.45) is 5.09. The average molecular weight is 218 g/mol. The van der Waals surface area contributed by atoms with Gasteiger partial charge in [-0.05, 0) is 25.2 Å². The van der Waals surface area contributed by atoms with Crippen LogP contribution in [0.1, 0.15) is 11.3 Å². The van der Waals surface area contributed by atoms with Gasteiger partial charge in [0.25, 0.3) is 0 Å². The molecule has 0 fully saturated rings. The summed E-state index contributed by atoms with van der Waals surface area (Å²) in [5.74, 6) is 1.67. The fraction of sp³-hybridized carbons (Fsp3) is 0.250. The minimum absolute atomic E-state index is 0.499. The van der Waals surface area contributed by atoms with Gasteiger partial charge in [0.05, 0.1) is 19.0 Å². The normalized spacial score (nSPS) is 10.3. The van der Waals surface area contributed by atoms with Crippen molar-refractivity contribution >= 4 is 0 Å². The van der Waals surface area contributed by atoms with E-state index < -0.39 is 0 Å². The number of aromatic nitrogens is 1. The van der Waals surface area contributed by atoms with Crippen LogP contribution in [0.15, 0.2) is 41.3 Å². The van der Waals surface area contributed by atoms with Crippen LogP contribution in [-0.2, 0) is 13.2 Å². The van der Waals surface area contributed by atoms with Crippen molar-refractivity contribution in [2.24, 2.45) is 0 Å². The third-order valence-electron chi connectivity index (χ3n) is 2.20. The van der Waals surface area contributed by atoms with Crippen LogP contribution in [0.2, 0.25) is 0 Å². The summed E-state index contributed by atoms with van der Waals surface area (Å²) >= 11 is 0. The molecule has 84 valence electrons. The van der Waals surface area contributed by atoms with Gasteiger partial charge in [-0.25, -0.2) is 0 Å². The van der Waals surface area contributed by atoms with Gasteiger partial charge in [0, 0.05) is 11.8 Å². The van der Waals surface area contributed by atoms with Gasteiger partial charge in [-0.2, -0.15) is 0 Å². The van der Waals surface area contributed by atoms with Crippen LogP contribution in [-0.4, -0.2) is 12.0 Å². The molecule has 1 N–H and O–H groups in total. The van der Waals surface area contributed by atoms with Crippen molar-refractivity contribution in [3.05, 3.63) is 48.2 Å². The molecule has 0 radical (unpaired) electrons. The maximum atomic E-state index is 5.59. The lowest BCUT2D eigenvalue weighted by Crippen LogP contribution is -2.07. The van der Waals surface area contributed by atoms with E-state index in [0.29, 0.717) is 13.2 Å². The molecule has 4 nitrogen and oxygen atoms in total. The summed E-state index contributed by atoms with van der Waals surface area (Å²) < 4.78 is 10.9. The minimum atomic E-state index is 0.499. The molecule has 0 aromatic carbocycles. The van der Waals surface area contributed by atoms with Crippen LogP contribution in [0.5, 0.6) is 5.75 Å². The van der Waals surface area contributed by atoms with Crippen LogP contribution in [0.3, 0.4) is 0 Å². The second-order valence-electron chi connectivity index (χ2n) is 3.38. The van der Waals surface area contributed by atoms with Gasteiger partial charge in [-0.1, -0.05) is 0 Å². The summed E-state index contributed by atoms with van der Waals surface area (Å²) in [7, 11) is 1.88. The summed E-state index contributed by atoms with van der Waals surface area (Å²) in [6.45, 7) is 1.21. The van der Waals surface area contributed by atoms with E-state index in [4.69, 9.17) is 9.15 Å². The fourth-order valence-corrected chi connectivity index (χ4v) is 1.40. The number of ether oxygens (including phenoxy) is 1. The van der Waals surface area contributed by atoms with Crippen LogP contribution < -0.4 is 10.1 Å². The standard InChI is InChI=1S/C12H14N2O2/c1-13-8-12-10(4-6-15-12)9-16-11-3-2-5-14-7-11/h2-7,13H,8-9H2,1H3. The first-order chi connectivity index (χ1) is 7.90. The van der Waals surface area contributed by atoms with Crippen LogP contribution >= 0.6 is 0 Å². The van der Waals surface area contributed by atoms with Gasteiger partial charge in [0.2, 0.25) is 0 Å². The second-order valence-corrected chi connectivity index (χ2v) is 3.38. The van der Waals surface area contributed by atoms with E-state index in [9.17, 15) is 0 Å². The highest BCUT2D eigenvalue weighted by Gasteiger charge is 2.05. The van der Waals surface area contributed by atoms with Gasteiger partial charge in [0.15, 0.2) is 0 Å². The molecule has 0 aliphatic rings. The molecule has 0 aliphatic carbocycles. The first-order valence-corrected chi connectivity index (χ1v) is 5.13. The predicted octanol–water partition coefficient (Wildman–Crippen LogP) is 1.97. The van der Waals surface area contributed by atoms with Gasteiger partial charge in [-0.3, -0.25) is 4.98 Å². The number of furan rings is 1. The topological polar surface area (TPSA) is 47.3 Å². The highest BCUT2D eigenvalue weighted by atomic mass is 16.5. The predicted molar refractivity (Wildman–Crippen MR) is 60.0 cm³/mol. The minimum Gasteiger partial charge on any atom is -0.487 e. The Balaban J connectivity index is 1.97. The van der Waals surface area contributed by atoms with Gasteiger partial charge in [0.1, 0.15) is 18.1 Å². The van der Waals surface area contributed by atoms with E-state index in [-0.39, 0.29) is 0 Å². The first kappa shape index (κ1) is 10.7. The lowest BCUT2D eigenvalue weighted by molar-refractivity contribution is 0.300. The zero-order chi connectivity index (χ0) is 11.2. The molecule has 0 spiro atoms. The number of nitrogens with zero attached hydrogens (tertiary/aromatic N) is 1. The number of nitrogens with one attached hydrogen (secondary N) is 1. The Labute approximate surface area is 94.3 Å². The molecule has 2 rings (SSSR count). The van der Waals surface area contributed by atoms with Crippen molar-refractivity contribution < 1.29 is 9.15 Å². The van der Waals surface area contributed by atoms with E-state index >= 15 is 0 Å². The largest absolute Gasteiger partial charge is 0.487 e. The van der Waals surface area contributed by atoms with Crippen molar-refractivity contribution in [2.45, 2.75) is 13.2 Å². The molecule has 0 bridgehead atoms. The van der Waals surface area contributed by atoms with Gasteiger partial charge < -0.3 is 14.5 Å². The van der Waals surface area contributed by atoms with Gasteiger partial charge >= 0.3 is 0 Å². The number of hydrogen-bond donors (Lipinski definition) is 1. The molecule has 0 unspecified atom stereocenters. The molecule has 0 atom stereocenters. The van der Waals surface area contributed by atoms with E-state index in [1.54, 1.807) is 18.7 Å². The Morgan fingerprint density at radius 3 is 3.12 bits per heavy atom. The summed E-state index contributed by atoms with van der Waals surface area (Å²) in [6, 6.07) is 5.65. The Hall–Kier alpha value is -1.81. The monoisotopic (exact) mass is 218 g/mol. The highest BCUT2D eigenvalue weighted by molar-refractivity contribution is 5.19. The average Bonchev–Trinajstić information content (AvgIpc) is 2.76. The Morgan fingerprint density at radius 1 is 1.44 bits per heavy atom. The molecule has 2 heterocycles. The van der Waals surface area contributed by atoms with Crippen molar-refractivity contribution in [1.29, 1.82) is 0 Å². The molecule has 4 heteroatoms. The van der Waals surface area contributed by atoms with E-state index in [1.165, 1.54) is 0 Å². The first-order valence-electron chi connectivity index (χ1n) is 5.13. The van der Waals surface area contributed by atoms with Crippen LogP contribution in [0.4, 0.5) is 0 Å². The molecule has 2 aromatic rings. The van der Waals surface area contributed by atoms with Crippen LogP contribution in [0.25, 0.3) is 0 Å². The Morgan fingerprint density at radius 2 is 2.38 bits per heavy atom. The fourth-order valence-electron chi connectivity index (χ4n) is 1.40. The number of pyridine rings is 1. The van der Waals surface area contributed by atoms with E-state index in [1.807, 2.05) is 25.2 Å². The molecule has 16 heavy (non-hydrogen) atoms. The highest BCUT2D eigenvalue weighted by Crippen LogP contribution is 2.14. The summed E-state index contributed by atoms with van der Waals surface area (Å²) in [4.78, 5) is 3.98. The number of rotatable bonds is 5. The summed E-state index contributed by atoms with van der Waals surface area (Å²) in [5, 5.41) is 3.05. The Kier molecular flexibility index (Phi) is 3.56. The van der Waals surface area contributed by atoms with Crippen molar-refractivity contribution in [2.75, 3.05) is 7.05 Å². The smallest absolute Gasteiger partial charge is 0.138 e. The maximum absolute atomic E-state index is 5.59. The second kappa shape index (κ2) is 5.32. The lowest BCUT2D eigenvalue weighted by atomic mass is 10.2. The molecule has 0 aliphatic heterocycles. The lowest BCUT2D eigenvalue weighted by Gasteiger charge is -2.05. The number of hydrogen-bond acceptors (Lipinski definition) is 4. The molecular weight excluding hydrogens is 204 g/mol. The third kappa shape index (κ3) is 2.61. The Bertz CT molecular complexity index is 426. The van der Waals surface area contributed by atoms with Gasteiger partial charge in [-0.15, -0.1) is 0 Å². The molecule has 2 aromatic heterocycles. The SMILES string of the molecule is CNCc1occc1COc1cccnc1. The molecular formula is C12H14N2O2. The van der Waals surface area contributed by atoms with Crippen molar-refractivity contribution in [3.63, 3.8) is 0 Å². The maximum Gasteiger partial charge on any atom is 0.138 e. The zero-order valence-electron chi connectivity index (χ0n) is 9.14. The van der Waals surface area contributed by atoms with E-state index in [2.05, 4.69) is 10.3 Å². The molecule has 0 amide bonds. The van der Waals surface area contributed by atoms with E-state index in [0.717, 1.165) is 17.1 Å². The van der Waals surface area contributed by atoms with Crippen LogP contribution in [0, 0.1) is 0 Å². The van der Waals surface area contributed by atoms with Crippen molar-refractivity contribution in [1.82, 2.24) is 10.3 Å². The summed E-state index contributed by atoms with van der Waals surface area (Å²) in [5.41, 5.74) is 1.05. The third-order valence-corrected chi connectivity index (χ3v) is 2.20. The molecule has 0 saturated heterocycles. The zero-order valence-corrected chi connectivity index (χ0v) is 9.14. The molecule has 0 saturated carbocycles. The van der Waals surface area contributed by atoms with Crippen molar-refractivity contribution in [3.8, 4) is 5.75 Å².